The predicted molar refractivity (Wildman–Crippen MR) is 135 cm³/mol. The molecule has 14 N–H and O–H groups in total. The van der Waals surface area contributed by atoms with Crippen LogP contribution in [0.3, 0.4) is 0 Å². The number of carbonyl (C=O) groups is 3. The number of hydrogen-bond donors (Lipinski definition) is 14. The fraction of sp³-hybridized carbons (Fsp3) is 0.875. The zero-order chi connectivity index (χ0) is 34.9. The highest BCUT2D eigenvalue weighted by Gasteiger charge is 2.61. The second-order valence-corrected chi connectivity index (χ2v) is 11.2. The molecule has 0 aromatic heterocycles. The molecule has 0 radical (unpaired) electrons. The summed E-state index contributed by atoms with van der Waals surface area (Å²) in [5, 5.41) is 141. The van der Waals surface area contributed by atoms with Crippen LogP contribution < -0.4 is 0 Å². The van der Waals surface area contributed by atoms with Crippen LogP contribution in [0.5, 0.6) is 0 Å². The molecule has 0 bridgehead atoms. The molecule has 3 rings (SSSR count). The number of carboxylic acids is 3. The summed E-state index contributed by atoms with van der Waals surface area (Å²) in [7, 11) is 0. The summed E-state index contributed by atoms with van der Waals surface area (Å²) in [5.74, 6) is -15.4. The largest absolute Gasteiger partial charge is 0.477 e. The van der Waals surface area contributed by atoms with Crippen LogP contribution in [-0.4, -0.2) is 200 Å². The Labute approximate surface area is 257 Å². The molecule has 0 aliphatic carbocycles. The van der Waals surface area contributed by atoms with Gasteiger partial charge in [0, 0.05) is 19.3 Å². The minimum absolute atomic E-state index is 1.00. The first kappa shape index (κ1) is 38.2. The number of ether oxygens (including phenoxy) is 5. The Hall–Kier alpha value is -2.23. The molecule has 266 valence electrons. The van der Waals surface area contributed by atoms with E-state index >= 15 is 0 Å². The first-order valence-electron chi connectivity index (χ1n) is 13.7. The molecule has 15 atom stereocenters. The van der Waals surface area contributed by atoms with Crippen molar-refractivity contribution in [1.82, 2.24) is 0 Å². The molecule has 3 aliphatic heterocycles. The van der Waals surface area contributed by atoms with Gasteiger partial charge in [-0.25, -0.2) is 14.4 Å². The number of hydrogen-bond acceptors (Lipinski definition) is 19. The summed E-state index contributed by atoms with van der Waals surface area (Å²) in [6.07, 6.45) is -28.1. The third-order valence-corrected chi connectivity index (χ3v) is 7.92. The van der Waals surface area contributed by atoms with Gasteiger partial charge in [-0.2, -0.15) is 0 Å². The molecule has 46 heavy (non-hydrogen) atoms. The number of aliphatic hydroxyl groups is 11. The van der Waals surface area contributed by atoms with Crippen molar-refractivity contribution >= 4 is 17.9 Å². The summed E-state index contributed by atoms with van der Waals surface area (Å²) in [5.41, 5.74) is 0. The zero-order valence-corrected chi connectivity index (χ0v) is 23.7. The van der Waals surface area contributed by atoms with Crippen molar-refractivity contribution in [2.24, 2.45) is 0 Å². The van der Waals surface area contributed by atoms with Gasteiger partial charge in [0.1, 0.15) is 54.9 Å². The minimum Gasteiger partial charge on any atom is -0.477 e. The summed E-state index contributed by atoms with van der Waals surface area (Å²) in [4.78, 5) is 36.3. The average Bonchev–Trinajstić information content (AvgIpc) is 2.99. The van der Waals surface area contributed by atoms with Crippen molar-refractivity contribution in [3.8, 4) is 0 Å². The van der Waals surface area contributed by atoms with Gasteiger partial charge >= 0.3 is 17.9 Å². The van der Waals surface area contributed by atoms with Gasteiger partial charge in [-0.1, -0.05) is 0 Å². The van der Waals surface area contributed by atoms with Crippen molar-refractivity contribution in [2.75, 3.05) is 19.8 Å². The molecule has 3 heterocycles. The monoisotopic (exact) mass is 678 g/mol. The van der Waals surface area contributed by atoms with E-state index in [2.05, 4.69) is 0 Å². The molecule has 0 saturated carbocycles. The third-order valence-electron chi connectivity index (χ3n) is 7.92. The quantitative estimate of drug-likeness (QED) is 0.0859. The van der Waals surface area contributed by atoms with E-state index < -0.39 is 148 Å². The molecule has 0 aromatic rings. The van der Waals surface area contributed by atoms with Gasteiger partial charge in [0.2, 0.25) is 0 Å². The Kier molecular flexibility index (Phi) is 12.0. The van der Waals surface area contributed by atoms with E-state index in [0.29, 0.717) is 0 Å². The van der Waals surface area contributed by atoms with Crippen molar-refractivity contribution < 1.29 is 110 Å². The first-order valence-corrected chi connectivity index (χ1v) is 13.7. The van der Waals surface area contributed by atoms with E-state index in [4.69, 9.17) is 23.7 Å². The maximum absolute atomic E-state index is 12.5. The standard InChI is InChI=1S/C24H38O22/c25-4-9(29)16-13(32)7(27)1-23(45-16,20(37)38)42-6-11(31)18-14(33)8(28)2-24(46-18,21(39)40)43-12-3-22(41,19(35)36)44-17(15(12)34)10(30)5-26/h7-18,25-34,41H,1-6H2,(H,35,36)(H,37,38)(H,39,40)/t7-,8-,9-,10-,11-,12-,13-,14-,15-,16-,17-,18-,22?,23?,24-/m1/s1. The molecule has 22 heteroatoms. The molecule has 22 nitrogen and oxygen atoms in total. The van der Waals surface area contributed by atoms with Gasteiger partial charge in [0.05, 0.1) is 38.1 Å². The maximum atomic E-state index is 12.5. The van der Waals surface area contributed by atoms with Gasteiger partial charge in [0.25, 0.3) is 17.4 Å². The molecule has 3 aliphatic rings. The van der Waals surface area contributed by atoms with E-state index in [1.165, 1.54) is 0 Å². The van der Waals surface area contributed by atoms with Crippen LogP contribution in [0.1, 0.15) is 19.3 Å². The lowest BCUT2D eigenvalue weighted by molar-refractivity contribution is -0.372. The van der Waals surface area contributed by atoms with E-state index in [9.17, 15) is 85.9 Å². The molecule has 2 unspecified atom stereocenters. The highest BCUT2D eigenvalue weighted by molar-refractivity contribution is 5.77. The molecule has 3 saturated heterocycles. The van der Waals surface area contributed by atoms with Crippen molar-refractivity contribution in [3.63, 3.8) is 0 Å². The van der Waals surface area contributed by atoms with Crippen LogP contribution in [-0.2, 0) is 38.1 Å². The van der Waals surface area contributed by atoms with Crippen LogP contribution in [0.2, 0.25) is 0 Å². The molecular weight excluding hydrogens is 640 g/mol. The summed E-state index contributed by atoms with van der Waals surface area (Å²) in [6.45, 7) is -3.40. The normalized spacial score (nSPS) is 43.8. The molecule has 0 amide bonds. The number of aliphatic hydroxyl groups excluding tert-OH is 10. The molecule has 0 aromatic carbocycles. The number of carboxylic acid groups (broad SMARTS) is 3. The summed E-state index contributed by atoms with van der Waals surface area (Å²) < 4.78 is 25.9. The van der Waals surface area contributed by atoms with Crippen LogP contribution in [0, 0.1) is 0 Å². The third kappa shape index (κ3) is 7.41. The number of rotatable bonds is 13. The molecule has 0 spiro atoms. The Morgan fingerprint density at radius 1 is 0.652 bits per heavy atom. The average molecular weight is 679 g/mol. The minimum atomic E-state index is -3.21. The van der Waals surface area contributed by atoms with E-state index in [1.54, 1.807) is 0 Å². The van der Waals surface area contributed by atoms with Crippen molar-refractivity contribution in [1.29, 1.82) is 0 Å². The summed E-state index contributed by atoms with van der Waals surface area (Å²) >= 11 is 0. The topological polar surface area (TPSA) is 381 Å². The Morgan fingerprint density at radius 3 is 1.54 bits per heavy atom. The molecular formula is C24H38O22. The molecule has 3 fully saturated rings. The van der Waals surface area contributed by atoms with E-state index in [0.717, 1.165) is 0 Å². The van der Waals surface area contributed by atoms with Gasteiger partial charge in [-0.3, -0.25) is 0 Å². The second kappa shape index (κ2) is 14.5. The summed E-state index contributed by atoms with van der Waals surface area (Å²) in [6, 6.07) is 0. The lowest BCUT2D eigenvalue weighted by atomic mass is 9.90. The van der Waals surface area contributed by atoms with Crippen molar-refractivity contribution in [2.45, 2.75) is 110 Å². The Balaban J connectivity index is 1.88. The number of aliphatic carboxylic acids is 3. The predicted octanol–water partition coefficient (Wildman–Crippen LogP) is -8.04. The second-order valence-electron chi connectivity index (χ2n) is 11.2. The van der Waals surface area contributed by atoms with E-state index in [-0.39, 0.29) is 0 Å². The Morgan fingerprint density at radius 2 is 1.09 bits per heavy atom. The first-order chi connectivity index (χ1) is 21.3. The fourth-order valence-corrected chi connectivity index (χ4v) is 5.34. The zero-order valence-electron chi connectivity index (χ0n) is 23.7. The highest BCUT2D eigenvalue weighted by atomic mass is 16.8. The fourth-order valence-electron chi connectivity index (χ4n) is 5.34. The van der Waals surface area contributed by atoms with Gasteiger partial charge in [0.15, 0.2) is 0 Å². The van der Waals surface area contributed by atoms with Crippen LogP contribution in [0.25, 0.3) is 0 Å². The lowest BCUT2D eigenvalue weighted by Gasteiger charge is -2.49. The Bertz CT molecular complexity index is 1090. The van der Waals surface area contributed by atoms with E-state index in [1.807, 2.05) is 0 Å². The van der Waals surface area contributed by atoms with Gasteiger partial charge < -0.3 is 95.2 Å². The smallest absolute Gasteiger partial charge is 0.364 e. The van der Waals surface area contributed by atoms with Crippen molar-refractivity contribution in [3.05, 3.63) is 0 Å². The maximum Gasteiger partial charge on any atom is 0.364 e. The van der Waals surface area contributed by atoms with Crippen LogP contribution in [0.15, 0.2) is 0 Å². The van der Waals surface area contributed by atoms with Crippen LogP contribution >= 0.6 is 0 Å². The lowest BCUT2D eigenvalue weighted by Crippen LogP contribution is -2.67. The highest BCUT2D eigenvalue weighted by Crippen LogP contribution is 2.39. The SMILES string of the molecule is O=C(O)C1(O)C[C@@H](O[C@]2(C(=O)O)C[C@@H](O)[C@@H](O)[C@@H]([C@H](O)COC3(C(=O)O)C[C@@H](O)[C@@H](O)[C@@H]([C@H](O)CO)O3)O2)[C@@H](O)[C@@H]([C@H](O)CO)O1. The van der Waals surface area contributed by atoms with Crippen LogP contribution in [0.4, 0.5) is 0 Å². The van der Waals surface area contributed by atoms with Gasteiger partial charge in [-0.15, -0.1) is 0 Å². The van der Waals surface area contributed by atoms with Gasteiger partial charge in [-0.05, 0) is 0 Å².